The minimum Gasteiger partial charge on any atom is -0.465 e. The number of nitrogens with zero attached hydrogens (tertiary/aromatic N) is 3. The highest BCUT2D eigenvalue weighted by Gasteiger charge is 2.11. The second kappa shape index (κ2) is 5.85. The maximum Gasteiger partial charge on any atom is 0.337 e. The fourth-order valence-corrected chi connectivity index (χ4v) is 2.06. The number of carbonyl (C=O) groups is 1. The third-order valence-electron chi connectivity index (χ3n) is 3.31. The van der Waals surface area contributed by atoms with Gasteiger partial charge < -0.3 is 9.57 Å². The predicted molar refractivity (Wildman–Crippen MR) is 80.3 cm³/mol. The molecule has 0 radical (unpaired) electrons. The fourth-order valence-electron chi connectivity index (χ4n) is 2.06. The average Bonchev–Trinajstić information content (AvgIpc) is 2.96. The molecule has 0 bridgehead atoms. The molecule has 0 amide bonds. The van der Waals surface area contributed by atoms with Crippen LogP contribution in [0.25, 0.3) is 11.0 Å². The normalized spacial score (nSPS) is 10.6. The maximum absolute atomic E-state index is 11.6. The summed E-state index contributed by atoms with van der Waals surface area (Å²) in [6.07, 6.45) is 0. The summed E-state index contributed by atoms with van der Waals surface area (Å²) >= 11 is 0. The molecule has 0 aliphatic heterocycles. The molecule has 0 unspecified atom stereocenters. The third kappa shape index (κ3) is 2.76. The predicted octanol–water partition coefficient (Wildman–Crippen LogP) is 2.16. The Bertz CT molecular complexity index is 809. The van der Waals surface area contributed by atoms with Crippen molar-refractivity contribution >= 4 is 17.0 Å². The van der Waals surface area contributed by atoms with Crippen molar-refractivity contribution in [3.63, 3.8) is 0 Å². The first kappa shape index (κ1) is 14.1. The van der Waals surface area contributed by atoms with Gasteiger partial charge in [0.2, 0.25) is 0 Å². The zero-order chi connectivity index (χ0) is 15.5. The third-order valence-corrected chi connectivity index (χ3v) is 3.31. The molecular formula is C16H15N3O3. The zero-order valence-corrected chi connectivity index (χ0v) is 12.3. The molecule has 0 fully saturated rings. The first-order chi connectivity index (χ1) is 10.7. The van der Waals surface area contributed by atoms with Gasteiger partial charge >= 0.3 is 5.97 Å². The molecule has 22 heavy (non-hydrogen) atoms. The number of aromatic nitrogens is 3. The van der Waals surface area contributed by atoms with Crippen LogP contribution in [0.3, 0.4) is 0 Å². The summed E-state index contributed by atoms with van der Waals surface area (Å²) in [5.74, 6) is -0.409. The highest BCUT2D eigenvalue weighted by atomic mass is 16.7. The number of hydrogen-bond acceptors (Lipinski definition) is 5. The highest BCUT2D eigenvalue weighted by molar-refractivity contribution is 5.93. The Balaban J connectivity index is 1.84. The van der Waals surface area contributed by atoms with E-state index in [1.54, 1.807) is 18.2 Å². The first-order valence-electron chi connectivity index (χ1n) is 6.80. The van der Waals surface area contributed by atoms with Gasteiger partial charge in [0, 0.05) is 0 Å². The van der Waals surface area contributed by atoms with Crippen molar-refractivity contribution in [3.8, 4) is 0 Å². The molecule has 0 N–H and O–H groups in total. The van der Waals surface area contributed by atoms with Gasteiger partial charge in [-0.1, -0.05) is 34.7 Å². The van der Waals surface area contributed by atoms with E-state index >= 15 is 0 Å². The smallest absolute Gasteiger partial charge is 0.337 e. The standard InChI is InChI=1S/C16H15N3O3/c1-11-3-5-12(6-4-11)10-22-19-15-9-13(16(20)21-2)7-8-14(15)17-18-19/h3-9H,10H2,1-2H3. The van der Waals surface area contributed by atoms with E-state index in [1.807, 2.05) is 31.2 Å². The van der Waals surface area contributed by atoms with Crippen LogP contribution in [0, 0.1) is 6.92 Å². The Labute approximate surface area is 127 Å². The molecule has 0 saturated heterocycles. The molecule has 6 nitrogen and oxygen atoms in total. The van der Waals surface area contributed by atoms with Gasteiger partial charge in [-0.2, -0.15) is 0 Å². The quantitative estimate of drug-likeness (QED) is 0.690. The van der Waals surface area contributed by atoms with Crippen molar-refractivity contribution < 1.29 is 14.4 Å². The number of fused-ring (bicyclic) bond motifs is 1. The van der Waals surface area contributed by atoms with E-state index in [0.717, 1.165) is 5.56 Å². The highest BCUT2D eigenvalue weighted by Crippen LogP contribution is 2.14. The van der Waals surface area contributed by atoms with Gasteiger partial charge in [-0.05, 0) is 35.9 Å². The number of esters is 1. The molecule has 6 heteroatoms. The van der Waals surface area contributed by atoms with Crippen LogP contribution in [0.5, 0.6) is 0 Å². The van der Waals surface area contributed by atoms with Crippen molar-refractivity contribution in [1.82, 2.24) is 15.2 Å². The average molecular weight is 297 g/mol. The number of benzene rings is 2. The van der Waals surface area contributed by atoms with Gasteiger partial charge in [0.1, 0.15) is 17.6 Å². The molecule has 0 aliphatic carbocycles. The van der Waals surface area contributed by atoms with Crippen molar-refractivity contribution in [2.45, 2.75) is 13.5 Å². The minimum absolute atomic E-state index is 0.362. The van der Waals surface area contributed by atoms with Gasteiger partial charge in [0.15, 0.2) is 0 Å². The van der Waals surface area contributed by atoms with Crippen LogP contribution < -0.4 is 4.84 Å². The molecule has 1 heterocycles. The summed E-state index contributed by atoms with van der Waals surface area (Å²) in [7, 11) is 1.34. The van der Waals surface area contributed by atoms with Crippen molar-refractivity contribution in [3.05, 3.63) is 59.2 Å². The van der Waals surface area contributed by atoms with E-state index in [4.69, 9.17) is 9.57 Å². The van der Waals surface area contributed by atoms with Crippen molar-refractivity contribution in [2.75, 3.05) is 7.11 Å². The van der Waals surface area contributed by atoms with Crippen LogP contribution in [0.4, 0.5) is 0 Å². The van der Waals surface area contributed by atoms with Crippen LogP contribution >= 0.6 is 0 Å². The Morgan fingerprint density at radius 2 is 1.95 bits per heavy atom. The molecule has 0 atom stereocenters. The Kier molecular flexibility index (Phi) is 3.74. The fraction of sp³-hybridized carbons (Fsp3) is 0.188. The Hall–Kier alpha value is -2.89. The summed E-state index contributed by atoms with van der Waals surface area (Å²) in [5.41, 5.74) is 3.92. The lowest BCUT2D eigenvalue weighted by atomic mass is 10.2. The van der Waals surface area contributed by atoms with E-state index in [1.165, 1.54) is 17.5 Å². The summed E-state index contributed by atoms with van der Waals surface area (Å²) in [4.78, 5) is 18.6. The minimum atomic E-state index is -0.409. The van der Waals surface area contributed by atoms with Gasteiger partial charge in [0.25, 0.3) is 0 Å². The molecule has 1 aromatic heterocycles. The van der Waals surface area contributed by atoms with E-state index in [2.05, 4.69) is 10.3 Å². The summed E-state index contributed by atoms with van der Waals surface area (Å²) in [6, 6.07) is 13.0. The van der Waals surface area contributed by atoms with Gasteiger partial charge in [-0.3, -0.25) is 0 Å². The van der Waals surface area contributed by atoms with E-state index in [-0.39, 0.29) is 0 Å². The molecule has 112 valence electrons. The Morgan fingerprint density at radius 3 is 2.68 bits per heavy atom. The second-order valence-electron chi connectivity index (χ2n) is 4.92. The van der Waals surface area contributed by atoms with Crippen molar-refractivity contribution in [2.24, 2.45) is 0 Å². The van der Waals surface area contributed by atoms with E-state index in [9.17, 15) is 4.79 Å². The molecule has 0 spiro atoms. The summed E-state index contributed by atoms with van der Waals surface area (Å²) in [5, 5.41) is 7.95. The van der Waals surface area contributed by atoms with E-state index in [0.29, 0.717) is 23.2 Å². The molecule has 2 aromatic carbocycles. The number of rotatable bonds is 4. The van der Waals surface area contributed by atoms with Crippen LogP contribution in [0.1, 0.15) is 21.5 Å². The number of hydrogen-bond donors (Lipinski definition) is 0. The lowest BCUT2D eigenvalue weighted by Gasteiger charge is -2.06. The molecule has 0 aliphatic rings. The first-order valence-corrected chi connectivity index (χ1v) is 6.80. The zero-order valence-electron chi connectivity index (χ0n) is 12.3. The maximum atomic E-state index is 11.6. The number of carbonyl (C=O) groups excluding carboxylic acids is 1. The van der Waals surface area contributed by atoms with Crippen LogP contribution in [0.15, 0.2) is 42.5 Å². The van der Waals surface area contributed by atoms with Gasteiger partial charge in [-0.15, -0.1) is 5.10 Å². The SMILES string of the molecule is COC(=O)c1ccc2nnn(OCc3ccc(C)cc3)c2c1. The lowest BCUT2D eigenvalue weighted by molar-refractivity contribution is 0.0600. The van der Waals surface area contributed by atoms with Crippen LogP contribution in [-0.2, 0) is 11.3 Å². The monoisotopic (exact) mass is 297 g/mol. The molecule has 3 rings (SSSR count). The van der Waals surface area contributed by atoms with Gasteiger partial charge in [-0.25, -0.2) is 4.79 Å². The molecule has 3 aromatic rings. The summed E-state index contributed by atoms with van der Waals surface area (Å²) < 4.78 is 4.71. The lowest BCUT2D eigenvalue weighted by Crippen LogP contribution is -2.13. The number of aryl methyl sites for hydroxylation is 1. The number of ether oxygens (including phenoxy) is 1. The van der Waals surface area contributed by atoms with Crippen molar-refractivity contribution in [1.29, 1.82) is 0 Å². The molecular weight excluding hydrogens is 282 g/mol. The Morgan fingerprint density at radius 1 is 1.18 bits per heavy atom. The van der Waals surface area contributed by atoms with Crippen LogP contribution in [0.2, 0.25) is 0 Å². The van der Waals surface area contributed by atoms with E-state index < -0.39 is 5.97 Å². The van der Waals surface area contributed by atoms with Gasteiger partial charge in [0.05, 0.1) is 12.7 Å². The summed E-state index contributed by atoms with van der Waals surface area (Å²) in [6.45, 7) is 2.39. The van der Waals surface area contributed by atoms with Crippen LogP contribution in [-0.4, -0.2) is 28.2 Å². The molecule has 0 saturated carbocycles. The number of methoxy groups -OCH3 is 1. The second-order valence-corrected chi connectivity index (χ2v) is 4.92. The largest absolute Gasteiger partial charge is 0.465 e. The topological polar surface area (TPSA) is 66.2 Å².